The van der Waals surface area contributed by atoms with Gasteiger partial charge in [0, 0.05) is 6.04 Å². The molecule has 0 radical (unpaired) electrons. The highest BCUT2D eigenvalue weighted by molar-refractivity contribution is 7.98. The number of nitrogens with zero attached hydrogens (tertiary/aromatic N) is 3. The van der Waals surface area contributed by atoms with E-state index in [0.717, 1.165) is 11.0 Å². The fourth-order valence-electron chi connectivity index (χ4n) is 0.886. The van der Waals surface area contributed by atoms with E-state index in [0.29, 0.717) is 6.04 Å². The lowest BCUT2D eigenvalue weighted by Crippen LogP contribution is -2.04. The van der Waals surface area contributed by atoms with Crippen molar-refractivity contribution in [3.63, 3.8) is 0 Å². The van der Waals surface area contributed by atoms with E-state index in [2.05, 4.69) is 23.9 Å². The van der Waals surface area contributed by atoms with Gasteiger partial charge in [-0.1, -0.05) is 11.8 Å². The molecule has 1 heterocycles. The normalized spacial score (nSPS) is 11.0. The predicted molar refractivity (Wildman–Crippen MR) is 46.9 cm³/mol. The molecule has 62 valence electrons. The summed E-state index contributed by atoms with van der Waals surface area (Å²) in [6.07, 6.45) is 2.02. The van der Waals surface area contributed by atoms with E-state index < -0.39 is 0 Å². The van der Waals surface area contributed by atoms with Crippen molar-refractivity contribution in [1.29, 1.82) is 0 Å². The summed E-state index contributed by atoms with van der Waals surface area (Å²) >= 11 is 1.63. The molecule has 3 nitrogen and oxygen atoms in total. The highest BCUT2D eigenvalue weighted by atomic mass is 32.2. The summed E-state index contributed by atoms with van der Waals surface area (Å²) in [5.74, 6) is 0.850. The van der Waals surface area contributed by atoms with E-state index in [1.165, 1.54) is 0 Å². The Labute approximate surface area is 71.2 Å². The zero-order valence-electron chi connectivity index (χ0n) is 7.33. The van der Waals surface area contributed by atoms with Gasteiger partial charge in [0.25, 0.3) is 0 Å². The van der Waals surface area contributed by atoms with Crippen molar-refractivity contribution in [2.45, 2.75) is 32.0 Å². The van der Waals surface area contributed by atoms with Crippen molar-refractivity contribution in [2.75, 3.05) is 6.26 Å². The second-order valence-corrected chi connectivity index (χ2v) is 3.46. The lowest BCUT2D eigenvalue weighted by atomic mass is 10.4. The van der Waals surface area contributed by atoms with Crippen LogP contribution in [0.1, 0.15) is 25.7 Å². The molecule has 0 aliphatic rings. The zero-order chi connectivity index (χ0) is 8.43. The molecule has 0 spiro atoms. The maximum atomic E-state index is 4.27. The topological polar surface area (TPSA) is 30.7 Å². The van der Waals surface area contributed by atoms with Crippen LogP contribution in [0.2, 0.25) is 0 Å². The Morgan fingerprint density at radius 1 is 1.45 bits per heavy atom. The Bertz CT molecular complexity index is 242. The number of rotatable bonds is 2. The van der Waals surface area contributed by atoms with Gasteiger partial charge in [0.1, 0.15) is 5.82 Å². The van der Waals surface area contributed by atoms with Crippen molar-refractivity contribution in [3.8, 4) is 0 Å². The molecule has 0 aliphatic heterocycles. The lowest BCUT2D eigenvalue weighted by Gasteiger charge is -2.05. The van der Waals surface area contributed by atoms with Gasteiger partial charge in [0.2, 0.25) is 0 Å². The summed E-state index contributed by atoms with van der Waals surface area (Å²) in [4.78, 5) is 4.27. The first-order valence-electron chi connectivity index (χ1n) is 3.62. The standard InChI is InChI=1S/C7H13N3S/c1-5(2)10-7(11-4)8-6(3)9-10/h5H,1-4H3. The molecule has 0 saturated carbocycles. The molecule has 0 saturated heterocycles. The highest BCUT2D eigenvalue weighted by Gasteiger charge is 2.07. The minimum atomic E-state index is 0.402. The monoisotopic (exact) mass is 171 g/mol. The predicted octanol–water partition coefficient (Wildman–Crippen LogP) is 1.89. The molecule has 0 bridgehead atoms. The Balaban J connectivity index is 3.02. The van der Waals surface area contributed by atoms with Crippen LogP contribution in [0.25, 0.3) is 0 Å². The average Bonchev–Trinajstić information content (AvgIpc) is 2.30. The summed E-state index contributed by atoms with van der Waals surface area (Å²) in [7, 11) is 0. The quantitative estimate of drug-likeness (QED) is 0.637. The van der Waals surface area contributed by atoms with Gasteiger partial charge in [0.05, 0.1) is 0 Å². The number of hydrogen-bond donors (Lipinski definition) is 0. The van der Waals surface area contributed by atoms with Crippen LogP contribution in [-0.4, -0.2) is 21.0 Å². The van der Waals surface area contributed by atoms with E-state index in [9.17, 15) is 0 Å². The first-order valence-corrected chi connectivity index (χ1v) is 4.84. The van der Waals surface area contributed by atoms with Crippen molar-refractivity contribution >= 4 is 11.8 Å². The maximum absolute atomic E-state index is 4.27. The molecular formula is C7H13N3S. The van der Waals surface area contributed by atoms with Crippen LogP contribution in [0.3, 0.4) is 0 Å². The summed E-state index contributed by atoms with van der Waals surface area (Å²) < 4.78 is 1.94. The molecule has 0 atom stereocenters. The van der Waals surface area contributed by atoms with Crippen LogP contribution in [-0.2, 0) is 0 Å². The Hall–Kier alpha value is -0.510. The zero-order valence-corrected chi connectivity index (χ0v) is 8.14. The van der Waals surface area contributed by atoms with E-state index in [-0.39, 0.29) is 0 Å². The second kappa shape index (κ2) is 3.26. The fraction of sp³-hybridized carbons (Fsp3) is 0.714. The van der Waals surface area contributed by atoms with Crippen molar-refractivity contribution in [2.24, 2.45) is 0 Å². The van der Waals surface area contributed by atoms with E-state index in [1.807, 2.05) is 17.9 Å². The summed E-state index contributed by atoms with van der Waals surface area (Å²) in [5.41, 5.74) is 0. The number of aryl methyl sites for hydroxylation is 1. The molecule has 0 aromatic carbocycles. The van der Waals surface area contributed by atoms with Crippen LogP contribution in [0.15, 0.2) is 5.16 Å². The Morgan fingerprint density at radius 2 is 2.09 bits per heavy atom. The van der Waals surface area contributed by atoms with Crippen molar-refractivity contribution in [1.82, 2.24) is 14.8 Å². The smallest absolute Gasteiger partial charge is 0.186 e. The van der Waals surface area contributed by atoms with Gasteiger partial charge in [-0.3, -0.25) is 0 Å². The SMILES string of the molecule is CSc1nc(C)nn1C(C)C. The molecule has 0 aliphatic carbocycles. The van der Waals surface area contributed by atoms with Gasteiger partial charge < -0.3 is 0 Å². The first-order chi connectivity index (χ1) is 5.15. The molecule has 1 aromatic heterocycles. The third-order valence-corrected chi connectivity index (χ3v) is 2.02. The third kappa shape index (κ3) is 1.74. The largest absolute Gasteiger partial charge is 0.238 e. The first kappa shape index (κ1) is 8.59. The van der Waals surface area contributed by atoms with Gasteiger partial charge in [-0.05, 0) is 27.0 Å². The van der Waals surface area contributed by atoms with Crippen molar-refractivity contribution < 1.29 is 0 Å². The highest BCUT2D eigenvalue weighted by Crippen LogP contribution is 2.15. The molecule has 4 heteroatoms. The molecule has 0 unspecified atom stereocenters. The second-order valence-electron chi connectivity index (χ2n) is 2.68. The van der Waals surface area contributed by atoms with Gasteiger partial charge in [-0.25, -0.2) is 9.67 Å². The summed E-state index contributed by atoms with van der Waals surface area (Å²) in [6, 6.07) is 0.402. The summed E-state index contributed by atoms with van der Waals surface area (Å²) in [6.45, 7) is 6.13. The number of thioether (sulfide) groups is 1. The molecule has 0 N–H and O–H groups in total. The van der Waals surface area contributed by atoms with Crippen LogP contribution in [0.4, 0.5) is 0 Å². The van der Waals surface area contributed by atoms with Crippen LogP contribution in [0.5, 0.6) is 0 Å². The summed E-state index contributed by atoms with van der Waals surface area (Å²) in [5, 5.41) is 5.26. The van der Waals surface area contributed by atoms with E-state index in [1.54, 1.807) is 11.8 Å². The average molecular weight is 171 g/mol. The molecule has 0 fully saturated rings. The third-order valence-electron chi connectivity index (χ3n) is 1.38. The minimum Gasteiger partial charge on any atom is -0.238 e. The molecule has 1 aromatic rings. The molecule has 1 rings (SSSR count). The van der Waals surface area contributed by atoms with E-state index >= 15 is 0 Å². The van der Waals surface area contributed by atoms with Gasteiger partial charge >= 0.3 is 0 Å². The minimum absolute atomic E-state index is 0.402. The fourth-order valence-corrected chi connectivity index (χ4v) is 1.55. The van der Waals surface area contributed by atoms with Gasteiger partial charge in [0.15, 0.2) is 5.16 Å². The molecule has 0 amide bonds. The van der Waals surface area contributed by atoms with Gasteiger partial charge in [-0.2, -0.15) is 5.10 Å². The van der Waals surface area contributed by atoms with Crippen LogP contribution in [0, 0.1) is 6.92 Å². The van der Waals surface area contributed by atoms with E-state index in [4.69, 9.17) is 0 Å². The molecule has 11 heavy (non-hydrogen) atoms. The Kier molecular flexibility index (Phi) is 2.54. The number of hydrogen-bond acceptors (Lipinski definition) is 3. The maximum Gasteiger partial charge on any atom is 0.186 e. The van der Waals surface area contributed by atoms with Crippen LogP contribution < -0.4 is 0 Å². The lowest BCUT2D eigenvalue weighted by molar-refractivity contribution is 0.485. The Morgan fingerprint density at radius 3 is 2.45 bits per heavy atom. The molecular weight excluding hydrogens is 158 g/mol. The van der Waals surface area contributed by atoms with Gasteiger partial charge in [-0.15, -0.1) is 0 Å². The number of aromatic nitrogens is 3. The van der Waals surface area contributed by atoms with Crippen LogP contribution >= 0.6 is 11.8 Å². The van der Waals surface area contributed by atoms with Crippen molar-refractivity contribution in [3.05, 3.63) is 5.82 Å².